The molecule has 0 fully saturated rings. The lowest BCUT2D eigenvalue weighted by Gasteiger charge is -2.02. The highest BCUT2D eigenvalue weighted by molar-refractivity contribution is 5.65. The van der Waals surface area contributed by atoms with Crippen molar-refractivity contribution in [3.63, 3.8) is 0 Å². The second kappa shape index (κ2) is 15.8. The van der Waals surface area contributed by atoms with Gasteiger partial charge in [-0.15, -0.1) is 0 Å². The Bertz CT molecular complexity index is 339. The highest BCUT2D eigenvalue weighted by Gasteiger charge is 1.94. The summed E-state index contributed by atoms with van der Waals surface area (Å²) >= 11 is 0. The van der Waals surface area contributed by atoms with E-state index in [-0.39, 0.29) is 5.97 Å². The molecule has 0 heterocycles. The normalized spacial score (nSPS) is 12.6. The average molecular weight is 280 g/mol. The van der Waals surface area contributed by atoms with Crippen molar-refractivity contribution in [1.82, 2.24) is 0 Å². The Hall–Kier alpha value is -1.23. The van der Waals surface area contributed by atoms with Crippen LogP contribution in [0.5, 0.6) is 0 Å². The van der Waals surface area contributed by atoms with Crippen molar-refractivity contribution in [2.45, 2.75) is 78.1 Å². The van der Waals surface area contributed by atoms with Crippen molar-refractivity contribution in [3.05, 3.63) is 12.2 Å². The fourth-order valence-corrected chi connectivity index (χ4v) is 1.81. The molecular weight excluding hydrogens is 248 g/mol. The van der Waals surface area contributed by atoms with Gasteiger partial charge in [0.15, 0.2) is 0 Å². The van der Waals surface area contributed by atoms with Gasteiger partial charge in [-0.25, -0.2) is 0 Å². The van der Waals surface area contributed by atoms with Crippen LogP contribution in [-0.2, 0) is 9.53 Å². The SMILES string of the molecule is [3H]C(CCCCCCCCCC#C/C=C\CC)OC(C)=O. The van der Waals surface area contributed by atoms with Gasteiger partial charge >= 0.3 is 5.97 Å². The van der Waals surface area contributed by atoms with Crippen molar-refractivity contribution in [1.29, 1.82) is 0 Å². The number of carbonyl (C=O) groups excluding carboxylic acids is 1. The van der Waals surface area contributed by atoms with Gasteiger partial charge in [-0.05, 0) is 25.3 Å². The second-order valence-electron chi connectivity index (χ2n) is 4.92. The van der Waals surface area contributed by atoms with E-state index in [0.717, 1.165) is 25.7 Å². The highest BCUT2D eigenvalue weighted by Crippen LogP contribution is 2.09. The monoisotopic (exact) mass is 280 g/mol. The van der Waals surface area contributed by atoms with Crippen molar-refractivity contribution < 1.29 is 10.9 Å². The van der Waals surface area contributed by atoms with Gasteiger partial charge in [0.25, 0.3) is 0 Å². The van der Waals surface area contributed by atoms with Crippen LogP contribution in [0.4, 0.5) is 0 Å². The molecule has 2 heteroatoms. The molecule has 20 heavy (non-hydrogen) atoms. The molecule has 0 saturated carbocycles. The molecule has 0 saturated heterocycles. The predicted octanol–water partition coefficient (Wildman–Crippen LogP) is 5.03. The van der Waals surface area contributed by atoms with Crippen molar-refractivity contribution in [2.24, 2.45) is 0 Å². The number of unbranched alkanes of at least 4 members (excludes halogenated alkanes) is 7. The van der Waals surface area contributed by atoms with Crippen LogP contribution >= 0.6 is 0 Å². The minimum Gasteiger partial charge on any atom is -0.466 e. The van der Waals surface area contributed by atoms with Gasteiger partial charge in [-0.2, -0.15) is 0 Å². The molecule has 0 aromatic carbocycles. The maximum atomic E-state index is 10.6. The van der Waals surface area contributed by atoms with Crippen LogP contribution in [0.15, 0.2) is 12.2 Å². The van der Waals surface area contributed by atoms with E-state index in [9.17, 15) is 4.79 Å². The van der Waals surface area contributed by atoms with E-state index in [4.69, 9.17) is 6.11 Å². The third kappa shape index (κ3) is 16.8. The fourth-order valence-electron chi connectivity index (χ4n) is 1.81. The Morgan fingerprint density at radius 2 is 1.70 bits per heavy atom. The first-order valence-electron chi connectivity index (χ1n) is 8.47. The van der Waals surface area contributed by atoms with Crippen molar-refractivity contribution in [3.8, 4) is 11.8 Å². The van der Waals surface area contributed by atoms with Crippen LogP contribution in [0.25, 0.3) is 0 Å². The second-order valence-corrected chi connectivity index (χ2v) is 4.92. The number of rotatable bonds is 11. The van der Waals surface area contributed by atoms with Gasteiger partial charge in [0.1, 0.15) is 0 Å². The van der Waals surface area contributed by atoms with Gasteiger partial charge in [-0.3, -0.25) is 4.79 Å². The lowest BCUT2D eigenvalue weighted by atomic mass is 10.1. The summed E-state index contributed by atoms with van der Waals surface area (Å²) in [5.74, 6) is 5.85. The molecule has 1 atom stereocenters. The molecular formula is C18H30O2. The lowest BCUT2D eigenvalue weighted by Crippen LogP contribution is -2.00. The first kappa shape index (κ1) is 16.8. The zero-order chi connectivity index (χ0) is 15.8. The van der Waals surface area contributed by atoms with Crippen LogP contribution in [-0.4, -0.2) is 12.6 Å². The predicted molar refractivity (Wildman–Crippen MR) is 85.4 cm³/mol. The largest absolute Gasteiger partial charge is 0.466 e. The van der Waals surface area contributed by atoms with E-state index < -0.39 is 6.58 Å². The topological polar surface area (TPSA) is 26.3 Å². The van der Waals surface area contributed by atoms with Gasteiger partial charge < -0.3 is 4.74 Å². The Kier molecular flexibility index (Phi) is 13.3. The van der Waals surface area contributed by atoms with Gasteiger partial charge in [0, 0.05) is 13.3 Å². The summed E-state index contributed by atoms with van der Waals surface area (Å²) < 4.78 is 12.3. The zero-order valence-electron chi connectivity index (χ0n) is 14.1. The summed E-state index contributed by atoms with van der Waals surface area (Å²) in [5.41, 5.74) is 0. The number of esters is 1. The van der Waals surface area contributed by atoms with E-state index in [1.807, 2.05) is 6.08 Å². The molecule has 0 aliphatic rings. The number of allylic oxidation sites excluding steroid dienone is 2. The molecule has 2 nitrogen and oxygen atoms in total. The minimum absolute atomic E-state index is 0.358. The minimum atomic E-state index is -0.678. The van der Waals surface area contributed by atoms with E-state index in [1.165, 1.54) is 39.0 Å². The third-order valence-corrected chi connectivity index (χ3v) is 2.91. The molecule has 1 unspecified atom stereocenters. The smallest absolute Gasteiger partial charge is 0.302 e. The maximum Gasteiger partial charge on any atom is 0.302 e. The molecule has 0 aromatic rings. The molecule has 0 rings (SSSR count). The number of hydrogen-bond acceptors (Lipinski definition) is 2. The van der Waals surface area contributed by atoms with Crippen molar-refractivity contribution in [2.75, 3.05) is 6.58 Å². The van der Waals surface area contributed by atoms with Crippen LogP contribution in [0.1, 0.15) is 79.4 Å². The average Bonchev–Trinajstić information content (AvgIpc) is 2.43. The van der Waals surface area contributed by atoms with Gasteiger partial charge in [-0.1, -0.05) is 63.4 Å². The Balaban J connectivity index is 3.23. The Morgan fingerprint density at radius 1 is 1.10 bits per heavy atom. The molecule has 0 spiro atoms. The molecule has 0 aromatic heterocycles. The van der Waals surface area contributed by atoms with Crippen LogP contribution in [0.2, 0.25) is 0 Å². The molecule has 0 N–H and O–H groups in total. The quantitative estimate of drug-likeness (QED) is 0.301. The number of hydrogen-bond donors (Lipinski definition) is 0. The third-order valence-electron chi connectivity index (χ3n) is 2.91. The summed E-state index contributed by atoms with van der Waals surface area (Å²) in [4.78, 5) is 10.6. The van der Waals surface area contributed by atoms with E-state index >= 15 is 0 Å². The fraction of sp³-hybridized carbons (Fsp3) is 0.722. The highest BCUT2D eigenvalue weighted by atomic mass is 16.5. The summed E-state index contributed by atoms with van der Waals surface area (Å²) in [6.07, 6.45) is 15.0. The molecule has 0 aliphatic carbocycles. The lowest BCUT2D eigenvalue weighted by molar-refractivity contribution is -0.141. The molecule has 0 radical (unpaired) electrons. The number of ether oxygens (including phenoxy) is 1. The standard InChI is InChI=1S/C18H30O2/c1-3-4-5-6-7-8-9-10-11-12-13-14-15-16-17-20-18(2)19/h4-5H,3,8-17H2,1-2H3/b5-4-/i17T. The van der Waals surface area contributed by atoms with E-state index in [2.05, 4.69) is 24.8 Å². The van der Waals surface area contributed by atoms with Gasteiger partial charge in [0.05, 0.1) is 7.95 Å². The first-order valence-corrected chi connectivity index (χ1v) is 7.89. The summed E-state index contributed by atoms with van der Waals surface area (Å²) in [5, 5.41) is 0. The summed E-state index contributed by atoms with van der Waals surface area (Å²) in [6, 6.07) is 0. The summed E-state index contributed by atoms with van der Waals surface area (Å²) in [7, 11) is 0. The van der Waals surface area contributed by atoms with E-state index in [0.29, 0.717) is 6.42 Å². The summed E-state index contributed by atoms with van der Waals surface area (Å²) in [6.45, 7) is 2.79. The first-order chi connectivity index (χ1) is 10.2. The van der Waals surface area contributed by atoms with Crippen LogP contribution in [0.3, 0.4) is 0 Å². The maximum absolute atomic E-state index is 10.6. The Morgan fingerprint density at radius 3 is 2.30 bits per heavy atom. The zero-order valence-corrected chi connectivity index (χ0v) is 13.1. The molecule has 0 aliphatic heterocycles. The van der Waals surface area contributed by atoms with Crippen LogP contribution < -0.4 is 0 Å². The number of carbonyl (C=O) groups is 1. The molecule has 0 amide bonds. The Labute approximate surface area is 126 Å². The van der Waals surface area contributed by atoms with Crippen molar-refractivity contribution >= 4 is 5.97 Å². The van der Waals surface area contributed by atoms with Gasteiger partial charge in [0.2, 0.25) is 0 Å². The van der Waals surface area contributed by atoms with E-state index in [1.54, 1.807) is 0 Å². The van der Waals surface area contributed by atoms with Crippen LogP contribution in [0, 0.1) is 11.8 Å². The molecule has 0 bridgehead atoms. The molecule has 114 valence electrons.